The van der Waals surface area contributed by atoms with Crippen LogP contribution in [0.1, 0.15) is 33.4 Å². The molecule has 0 unspecified atom stereocenters. The molecule has 0 saturated carbocycles. The molecule has 0 aliphatic heterocycles. The van der Waals surface area contributed by atoms with E-state index >= 15 is 0 Å². The first-order valence-electron chi connectivity index (χ1n) is 8.29. The van der Waals surface area contributed by atoms with Crippen LogP contribution >= 0.6 is 15.9 Å². The van der Waals surface area contributed by atoms with Crippen LogP contribution in [0.3, 0.4) is 0 Å². The normalized spacial score (nSPS) is 12.3. The van der Waals surface area contributed by atoms with Gasteiger partial charge in [-0.05, 0) is 61.9 Å². The zero-order valence-corrected chi connectivity index (χ0v) is 17.8. The largest absolute Gasteiger partial charge is 0.444 e. The third kappa shape index (κ3) is 7.38. The first kappa shape index (κ1) is 22.6. The van der Waals surface area contributed by atoms with Crippen LogP contribution in [-0.2, 0) is 11.3 Å². The SMILES string of the molecule is C=C(C=CC(=CC)c1nn(CCN(C)C(=O)OC(C)(C)C)cc1Br)[N+](=O)[O-]. The molecule has 0 bridgehead atoms. The number of rotatable bonds is 7. The summed E-state index contributed by atoms with van der Waals surface area (Å²) in [7, 11) is 1.66. The number of hydrogen-bond donors (Lipinski definition) is 0. The Morgan fingerprint density at radius 2 is 2.11 bits per heavy atom. The molecule has 0 aliphatic rings. The summed E-state index contributed by atoms with van der Waals surface area (Å²) in [5, 5.41) is 15.1. The summed E-state index contributed by atoms with van der Waals surface area (Å²) in [6.07, 6.45) is 6.11. The number of allylic oxidation sites excluding steroid dienone is 4. The van der Waals surface area contributed by atoms with Gasteiger partial charge in [0.2, 0.25) is 0 Å². The third-order valence-corrected chi connectivity index (χ3v) is 3.94. The standard InChI is InChI=1S/C18H25BrN4O4/c1-7-14(9-8-13(2)23(25)26)16-15(19)12-22(20-16)11-10-21(6)17(24)27-18(3,4)5/h7-9,12H,2,10-11H2,1,3-6H3. The maximum Gasteiger partial charge on any atom is 0.410 e. The molecule has 27 heavy (non-hydrogen) atoms. The minimum Gasteiger partial charge on any atom is -0.444 e. The summed E-state index contributed by atoms with van der Waals surface area (Å²) in [6, 6.07) is 0. The highest BCUT2D eigenvalue weighted by Gasteiger charge is 2.19. The Hall–Kier alpha value is -2.42. The lowest BCUT2D eigenvalue weighted by atomic mass is 10.1. The number of hydrogen-bond acceptors (Lipinski definition) is 5. The Labute approximate surface area is 167 Å². The van der Waals surface area contributed by atoms with Crippen molar-refractivity contribution in [1.29, 1.82) is 0 Å². The van der Waals surface area contributed by atoms with Gasteiger partial charge in [0.1, 0.15) is 11.3 Å². The van der Waals surface area contributed by atoms with Gasteiger partial charge >= 0.3 is 6.09 Å². The predicted octanol–water partition coefficient (Wildman–Crippen LogP) is 4.26. The fraction of sp³-hybridized carbons (Fsp3) is 0.444. The zero-order valence-electron chi connectivity index (χ0n) is 16.2. The van der Waals surface area contributed by atoms with Gasteiger partial charge in [0.05, 0.1) is 15.9 Å². The first-order valence-corrected chi connectivity index (χ1v) is 9.09. The number of halogens is 1. The highest BCUT2D eigenvalue weighted by molar-refractivity contribution is 9.10. The second kappa shape index (κ2) is 9.50. The molecule has 1 rings (SSSR count). The molecule has 0 atom stereocenters. The molecule has 148 valence electrons. The number of likely N-dealkylation sites (N-methyl/N-ethyl adjacent to an activating group) is 1. The summed E-state index contributed by atoms with van der Waals surface area (Å²) in [5.74, 6) is 0. The average Bonchev–Trinajstić information content (AvgIpc) is 2.92. The lowest BCUT2D eigenvalue weighted by molar-refractivity contribution is -0.418. The van der Waals surface area contributed by atoms with Crippen molar-refractivity contribution >= 4 is 27.6 Å². The van der Waals surface area contributed by atoms with Gasteiger partial charge in [-0.2, -0.15) is 5.10 Å². The third-order valence-electron chi connectivity index (χ3n) is 3.36. The van der Waals surface area contributed by atoms with Crippen molar-refractivity contribution in [3.63, 3.8) is 0 Å². The van der Waals surface area contributed by atoms with Gasteiger partial charge < -0.3 is 9.64 Å². The van der Waals surface area contributed by atoms with Crippen molar-refractivity contribution in [2.75, 3.05) is 13.6 Å². The topological polar surface area (TPSA) is 90.5 Å². The van der Waals surface area contributed by atoms with Crippen LogP contribution in [0.2, 0.25) is 0 Å². The average molecular weight is 441 g/mol. The predicted molar refractivity (Wildman–Crippen MR) is 108 cm³/mol. The number of ether oxygens (including phenoxy) is 1. The molecule has 1 heterocycles. The first-order chi connectivity index (χ1) is 12.4. The maximum absolute atomic E-state index is 12.0. The van der Waals surface area contributed by atoms with E-state index in [1.165, 1.54) is 11.0 Å². The van der Waals surface area contributed by atoms with Crippen LogP contribution in [0.15, 0.2) is 41.2 Å². The number of aromatic nitrogens is 2. The lowest BCUT2D eigenvalue weighted by Crippen LogP contribution is -2.36. The molecule has 0 radical (unpaired) electrons. The lowest BCUT2D eigenvalue weighted by Gasteiger charge is -2.24. The zero-order chi connectivity index (χ0) is 20.8. The second-order valence-corrected chi connectivity index (χ2v) is 7.67. The number of amides is 1. The van der Waals surface area contributed by atoms with Gasteiger partial charge in [-0.3, -0.25) is 14.8 Å². The fourth-order valence-corrected chi connectivity index (χ4v) is 2.49. The van der Waals surface area contributed by atoms with E-state index < -0.39 is 16.6 Å². The van der Waals surface area contributed by atoms with Gasteiger partial charge in [-0.25, -0.2) is 4.79 Å². The Kier molecular flexibility index (Phi) is 7.96. The molecular formula is C18H25BrN4O4. The summed E-state index contributed by atoms with van der Waals surface area (Å²) >= 11 is 3.45. The van der Waals surface area contributed by atoms with Crippen LogP contribution in [0.25, 0.3) is 5.57 Å². The van der Waals surface area contributed by atoms with E-state index in [9.17, 15) is 14.9 Å². The minimum atomic E-state index is -0.552. The molecule has 0 fully saturated rings. The van der Waals surface area contributed by atoms with Crippen molar-refractivity contribution in [2.45, 2.75) is 39.8 Å². The van der Waals surface area contributed by atoms with Crippen LogP contribution in [0.5, 0.6) is 0 Å². The van der Waals surface area contributed by atoms with Crippen molar-refractivity contribution in [2.24, 2.45) is 0 Å². The summed E-state index contributed by atoms with van der Waals surface area (Å²) in [4.78, 5) is 23.6. The molecular weight excluding hydrogens is 416 g/mol. The van der Waals surface area contributed by atoms with E-state index in [4.69, 9.17) is 4.74 Å². The Balaban J connectivity index is 2.81. The van der Waals surface area contributed by atoms with Crippen molar-refractivity contribution in [1.82, 2.24) is 14.7 Å². The van der Waals surface area contributed by atoms with Gasteiger partial charge in [-0.15, -0.1) is 0 Å². The van der Waals surface area contributed by atoms with Gasteiger partial charge in [0, 0.05) is 25.9 Å². The van der Waals surface area contributed by atoms with Crippen molar-refractivity contribution in [3.05, 3.63) is 57.0 Å². The highest BCUT2D eigenvalue weighted by Crippen LogP contribution is 2.24. The Morgan fingerprint density at radius 3 is 2.63 bits per heavy atom. The van der Waals surface area contributed by atoms with E-state index in [1.807, 2.05) is 27.7 Å². The summed E-state index contributed by atoms with van der Waals surface area (Å²) in [6.45, 7) is 11.5. The molecule has 0 saturated heterocycles. The van der Waals surface area contributed by atoms with E-state index in [2.05, 4.69) is 27.6 Å². The van der Waals surface area contributed by atoms with E-state index in [1.54, 1.807) is 30.1 Å². The van der Waals surface area contributed by atoms with Crippen LogP contribution in [-0.4, -0.2) is 44.9 Å². The van der Waals surface area contributed by atoms with Gasteiger partial charge in [-0.1, -0.05) is 6.08 Å². The van der Waals surface area contributed by atoms with Crippen LogP contribution in [0, 0.1) is 10.1 Å². The summed E-state index contributed by atoms with van der Waals surface area (Å²) < 4.78 is 7.75. The summed E-state index contributed by atoms with van der Waals surface area (Å²) in [5.41, 5.74) is 0.603. The molecule has 0 aromatic carbocycles. The quantitative estimate of drug-likeness (QED) is 0.358. The molecule has 1 amide bonds. The number of nitrogens with zero attached hydrogens (tertiary/aromatic N) is 4. The number of carbonyl (C=O) groups is 1. The highest BCUT2D eigenvalue weighted by atomic mass is 79.9. The van der Waals surface area contributed by atoms with E-state index in [0.29, 0.717) is 24.4 Å². The molecule has 8 nitrogen and oxygen atoms in total. The van der Waals surface area contributed by atoms with Gasteiger partial charge in [0.15, 0.2) is 0 Å². The maximum atomic E-state index is 12.0. The van der Waals surface area contributed by atoms with Crippen LogP contribution in [0.4, 0.5) is 4.79 Å². The van der Waals surface area contributed by atoms with Crippen molar-refractivity contribution in [3.8, 4) is 0 Å². The number of nitro groups is 1. The smallest absolute Gasteiger partial charge is 0.410 e. The van der Waals surface area contributed by atoms with Crippen LogP contribution < -0.4 is 0 Å². The van der Waals surface area contributed by atoms with E-state index in [-0.39, 0.29) is 5.70 Å². The molecule has 0 aliphatic carbocycles. The van der Waals surface area contributed by atoms with Gasteiger partial charge in [0.25, 0.3) is 5.70 Å². The number of carbonyl (C=O) groups excluding carboxylic acids is 1. The molecule has 0 spiro atoms. The van der Waals surface area contributed by atoms with E-state index in [0.717, 1.165) is 4.47 Å². The Bertz CT molecular complexity index is 775. The molecule has 0 N–H and O–H groups in total. The fourth-order valence-electron chi connectivity index (χ4n) is 1.95. The Morgan fingerprint density at radius 1 is 1.48 bits per heavy atom. The molecule has 1 aromatic rings. The second-order valence-electron chi connectivity index (χ2n) is 6.82. The minimum absolute atomic E-state index is 0.205. The monoisotopic (exact) mass is 440 g/mol. The molecule has 1 aromatic heterocycles. The van der Waals surface area contributed by atoms with Crippen molar-refractivity contribution < 1.29 is 14.5 Å². The molecule has 9 heteroatoms.